The zero-order chi connectivity index (χ0) is 14.3. The molecule has 9 nitrogen and oxygen atoms in total. The van der Waals surface area contributed by atoms with Crippen LogP contribution in [-0.2, 0) is 4.57 Å². The minimum Gasteiger partial charge on any atom is -0.339 e. The van der Waals surface area contributed by atoms with Crippen LogP contribution < -0.4 is 10.9 Å². The molecule has 2 aromatic rings. The summed E-state index contributed by atoms with van der Waals surface area (Å²) in [7, 11) is -4.42. The molecule has 5 N–H and O–H groups in total. The van der Waals surface area contributed by atoms with E-state index < -0.39 is 18.4 Å². The summed E-state index contributed by atoms with van der Waals surface area (Å²) in [5.74, 6) is -0.0303. The van der Waals surface area contributed by atoms with Gasteiger partial charge in [-0.3, -0.25) is 14.3 Å². The largest absolute Gasteiger partial charge is 0.350 e. The van der Waals surface area contributed by atoms with Crippen LogP contribution in [0.2, 0.25) is 0 Å². The Kier molecular flexibility index (Phi) is 3.21. The first kappa shape index (κ1) is 13.7. The average Bonchev–Trinajstić information content (AvgIpc) is 2.76. The van der Waals surface area contributed by atoms with Crippen molar-refractivity contribution < 1.29 is 14.4 Å². The SMILES string of the molecule is CC[C@@](C)(Nc1nc2nc[nH]c2c(=O)[nH]1)P(=O)(O)O. The lowest BCUT2D eigenvalue weighted by atomic mass is 10.2. The van der Waals surface area contributed by atoms with Gasteiger partial charge in [0.25, 0.3) is 5.56 Å². The summed E-state index contributed by atoms with van der Waals surface area (Å²) < 4.78 is 11.5. The molecule has 2 rings (SSSR count). The van der Waals surface area contributed by atoms with Crippen LogP contribution in [0.15, 0.2) is 11.1 Å². The molecule has 0 amide bonds. The Morgan fingerprint density at radius 2 is 2.21 bits per heavy atom. The summed E-state index contributed by atoms with van der Waals surface area (Å²) in [6, 6.07) is 0. The first-order chi connectivity index (χ1) is 8.77. The first-order valence-corrected chi connectivity index (χ1v) is 7.15. The van der Waals surface area contributed by atoms with E-state index in [0.29, 0.717) is 0 Å². The normalized spacial score (nSPS) is 15.4. The van der Waals surface area contributed by atoms with Gasteiger partial charge in [-0.25, -0.2) is 4.98 Å². The van der Waals surface area contributed by atoms with Crippen LogP contribution in [0.3, 0.4) is 0 Å². The van der Waals surface area contributed by atoms with Gasteiger partial charge in [-0.1, -0.05) is 6.92 Å². The molecule has 0 aliphatic rings. The molecule has 2 heterocycles. The maximum absolute atomic E-state index is 11.7. The predicted octanol–water partition coefficient (Wildman–Crippen LogP) is 0.362. The second kappa shape index (κ2) is 4.44. The highest BCUT2D eigenvalue weighted by Crippen LogP contribution is 2.51. The highest BCUT2D eigenvalue weighted by atomic mass is 31.2. The number of fused-ring (bicyclic) bond motifs is 1. The minimum absolute atomic E-state index is 0.0303. The van der Waals surface area contributed by atoms with Gasteiger partial charge in [0.2, 0.25) is 5.95 Å². The number of hydrogen-bond donors (Lipinski definition) is 5. The maximum Gasteiger partial charge on any atom is 0.350 e. The van der Waals surface area contributed by atoms with Crippen molar-refractivity contribution in [2.45, 2.75) is 25.5 Å². The molecule has 0 bridgehead atoms. The van der Waals surface area contributed by atoms with Crippen molar-refractivity contribution in [3.05, 3.63) is 16.7 Å². The van der Waals surface area contributed by atoms with E-state index in [1.807, 2.05) is 0 Å². The number of aromatic amines is 2. The molecular weight excluding hydrogens is 273 g/mol. The van der Waals surface area contributed by atoms with Crippen LogP contribution in [0.1, 0.15) is 20.3 Å². The van der Waals surface area contributed by atoms with Crippen LogP contribution in [0, 0.1) is 0 Å². The summed E-state index contributed by atoms with van der Waals surface area (Å²) in [6.07, 6.45) is 1.47. The summed E-state index contributed by atoms with van der Waals surface area (Å²) in [5.41, 5.74) is -0.0792. The van der Waals surface area contributed by atoms with Crippen molar-refractivity contribution in [2.24, 2.45) is 0 Å². The number of nitrogens with zero attached hydrogens (tertiary/aromatic N) is 2. The monoisotopic (exact) mass is 287 g/mol. The summed E-state index contributed by atoms with van der Waals surface area (Å²) in [6.45, 7) is 2.99. The van der Waals surface area contributed by atoms with Crippen molar-refractivity contribution in [1.29, 1.82) is 0 Å². The Morgan fingerprint density at radius 1 is 1.53 bits per heavy atom. The first-order valence-electron chi connectivity index (χ1n) is 5.54. The molecular formula is C9H14N5O4P. The van der Waals surface area contributed by atoms with Gasteiger partial charge < -0.3 is 20.1 Å². The molecule has 1 atom stereocenters. The Hall–Kier alpha value is -1.70. The third-order valence-electron chi connectivity index (χ3n) is 3.02. The Morgan fingerprint density at radius 3 is 2.79 bits per heavy atom. The average molecular weight is 287 g/mol. The Labute approximate surface area is 107 Å². The quantitative estimate of drug-likeness (QED) is 0.510. The molecule has 0 unspecified atom stereocenters. The molecule has 10 heteroatoms. The lowest BCUT2D eigenvalue weighted by Gasteiger charge is -2.30. The fraction of sp³-hybridized carbons (Fsp3) is 0.444. The zero-order valence-electron chi connectivity index (χ0n) is 10.3. The van der Waals surface area contributed by atoms with E-state index in [-0.39, 0.29) is 23.5 Å². The van der Waals surface area contributed by atoms with Gasteiger partial charge in [0.15, 0.2) is 11.2 Å². The second-order valence-electron chi connectivity index (χ2n) is 4.31. The van der Waals surface area contributed by atoms with Crippen LogP contribution in [0.5, 0.6) is 0 Å². The third-order valence-corrected chi connectivity index (χ3v) is 4.73. The van der Waals surface area contributed by atoms with E-state index in [2.05, 4.69) is 25.3 Å². The molecule has 0 saturated heterocycles. The summed E-state index contributed by atoms with van der Waals surface area (Å²) >= 11 is 0. The lowest BCUT2D eigenvalue weighted by Crippen LogP contribution is -2.35. The zero-order valence-corrected chi connectivity index (χ0v) is 11.2. The Bertz CT molecular complexity index is 704. The number of aromatic nitrogens is 4. The molecule has 0 fully saturated rings. The molecule has 0 aliphatic carbocycles. The van der Waals surface area contributed by atoms with Gasteiger partial charge >= 0.3 is 7.60 Å². The van der Waals surface area contributed by atoms with Crippen LogP contribution >= 0.6 is 7.60 Å². The Balaban J connectivity index is 2.46. The number of hydrogen-bond acceptors (Lipinski definition) is 5. The van der Waals surface area contributed by atoms with Gasteiger partial charge in [-0.2, -0.15) is 4.98 Å². The number of imidazole rings is 1. The van der Waals surface area contributed by atoms with Gasteiger partial charge in [-0.15, -0.1) is 0 Å². The lowest BCUT2D eigenvalue weighted by molar-refractivity contribution is 0.336. The summed E-state index contributed by atoms with van der Waals surface area (Å²) in [5, 5.41) is 1.08. The molecule has 0 aromatic carbocycles. The second-order valence-corrected chi connectivity index (χ2v) is 6.39. The van der Waals surface area contributed by atoms with E-state index in [1.54, 1.807) is 6.92 Å². The van der Waals surface area contributed by atoms with Crippen LogP contribution in [0.25, 0.3) is 11.2 Å². The van der Waals surface area contributed by atoms with E-state index >= 15 is 0 Å². The topological polar surface area (TPSA) is 144 Å². The molecule has 0 radical (unpaired) electrons. The fourth-order valence-corrected chi connectivity index (χ4v) is 2.19. The standard InChI is InChI=1S/C9H14N5O4P/c1-3-9(2,19(16,17)18)14-8-12-6-5(7(15)13-8)10-4-11-6/h4H,3H2,1-2H3,(H2,16,17,18)(H3,10,11,12,13,14,15)/t9-/m0/s1. The van der Waals surface area contributed by atoms with Crippen LogP contribution in [-0.4, -0.2) is 35.0 Å². The number of anilines is 1. The fourth-order valence-electron chi connectivity index (χ4n) is 1.52. The van der Waals surface area contributed by atoms with Crippen molar-refractivity contribution in [3.8, 4) is 0 Å². The van der Waals surface area contributed by atoms with Crippen LogP contribution in [0.4, 0.5) is 5.95 Å². The summed E-state index contributed by atoms with van der Waals surface area (Å²) in [4.78, 5) is 43.2. The van der Waals surface area contributed by atoms with Gasteiger partial charge in [-0.05, 0) is 13.3 Å². The highest BCUT2D eigenvalue weighted by Gasteiger charge is 2.41. The van der Waals surface area contributed by atoms with E-state index in [4.69, 9.17) is 0 Å². The van der Waals surface area contributed by atoms with Crippen molar-refractivity contribution >= 4 is 24.7 Å². The highest BCUT2D eigenvalue weighted by molar-refractivity contribution is 7.53. The van der Waals surface area contributed by atoms with Gasteiger partial charge in [0.1, 0.15) is 5.28 Å². The van der Waals surface area contributed by atoms with E-state index in [1.165, 1.54) is 13.3 Å². The molecule has 19 heavy (non-hydrogen) atoms. The maximum atomic E-state index is 11.7. The number of H-pyrrole nitrogens is 2. The van der Waals surface area contributed by atoms with Crippen molar-refractivity contribution in [2.75, 3.05) is 5.32 Å². The predicted molar refractivity (Wildman–Crippen MR) is 68.9 cm³/mol. The number of rotatable bonds is 4. The molecule has 0 aliphatic heterocycles. The third kappa shape index (κ3) is 2.40. The van der Waals surface area contributed by atoms with Crippen molar-refractivity contribution in [1.82, 2.24) is 19.9 Å². The molecule has 0 spiro atoms. The van der Waals surface area contributed by atoms with Gasteiger partial charge in [0.05, 0.1) is 6.33 Å². The minimum atomic E-state index is -4.42. The van der Waals surface area contributed by atoms with E-state index in [9.17, 15) is 19.1 Å². The van der Waals surface area contributed by atoms with E-state index in [0.717, 1.165) is 0 Å². The van der Waals surface area contributed by atoms with Crippen molar-refractivity contribution in [3.63, 3.8) is 0 Å². The molecule has 104 valence electrons. The smallest absolute Gasteiger partial charge is 0.339 e. The van der Waals surface area contributed by atoms with Gasteiger partial charge in [0, 0.05) is 0 Å². The molecule has 2 aromatic heterocycles. The number of nitrogens with one attached hydrogen (secondary N) is 3. The molecule has 0 saturated carbocycles.